The smallest absolute Gasteiger partial charge is 0.254 e. The van der Waals surface area contributed by atoms with Gasteiger partial charge in [-0.25, -0.2) is 0 Å². The van der Waals surface area contributed by atoms with Gasteiger partial charge < -0.3 is 4.74 Å². The van der Waals surface area contributed by atoms with Crippen LogP contribution < -0.4 is 4.74 Å². The first-order chi connectivity index (χ1) is 15.8. The summed E-state index contributed by atoms with van der Waals surface area (Å²) < 4.78 is 7.80. The second-order valence-corrected chi connectivity index (χ2v) is 11.6. The Morgan fingerprint density at radius 1 is 1.00 bits per heavy atom. The van der Waals surface area contributed by atoms with E-state index in [1.165, 1.54) is 0 Å². The van der Waals surface area contributed by atoms with Crippen LogP contribution in [0.5, 0.6) is 5.75 Å². The Morgan fingerprint density at radius 3 is 2.15 bits per heavy atom. The molecule has 33 heavy (non-hydrogen) atoms. The van der Waals surface area contributed by atoms with E-state index in [2.05, 4.69) is 62.4 Å². The number of amides is 2. The molecular weight excluding hydrogens is 689 g/mol. The zero-order valence-corrected chi connectivity index (χ0v) is 23.0. The molecule has 2 fully saturated rings. The first kappa shape index (κ1) is 23.6. The summed E-state index contributed by atoms with van der Waals surface area (Å²) in [7, 11) is 0. The van der Waals surface area contributed by atoms with Crippen LogP contribution in [0.1, 0.15) is 24.0 Å². The first-order valence-corrected chi connectivity index (χ1v) is 13.4. The molecule has 0 radical (unpaired) electrons. The second kappa shape index (κ2) is 9.47. The quantitative estimate of drug-likeness (QED) is 0.159. The Labute approximate surface area is 228 Å². The van der Waals surface area contributed by atoms with Crippen molar-refractivity contribution >= 4 is 86.4 Å². The number of allylic oxidation sites excluding steroid dienone is 2. The molecule has 1 heterocycles. The van der Waals surface area contributed by atoms with Crippen LogP contribution in [0, 0.1) is 30.8 Å². The summed E-state index contributed by atoms with van der Waals surface area (Å²) in [6.45, 7) is 0.311. The van der Waals surface area contributed by atoms with E-state index in [0.717, 1.165) is 41.9 Å². The average molecular weight is 707 g/mol. The predicted octanol–water partition coefficient (Wildman–Crippen LogP) is 6.31. The fourth-order valence-electron chi connectivity index (χ4n) is 4.88. The van der Waals surface area contributed by atoms with Crippen molar-refractivity contribution in [2.24, 2.45) is 28.8 Å². The maximum atomic E-state index is 12.9. The SMILES string of the molecule is O=C1[C@@H]2[C@H](C(=O)N1/N=C\c1cc(I)c(OCc3ccc(Cl)cc3Cl)c(I)c1)[C@H]1C=C[C@H]2CC1. The Kier molecular flexibility index (Phi) is 6.76. The second-order valence-electron chi connectivity index (χ2n) is 8.41. The summed E-state index contributed by atoms with van der Waals surface area (Å²) in [4.78, 5) is 25.9. The Morgan fingerprint density at radius 2 is 1.61 bits per heavy atom. The first-order valence-electron chi connectivity index (χ1n) is 10.5. The molecule has 3 aliphatic carbocycles. The van der Waals surface area contributed by atoms with Crippen molar-refractivity contribution in [2.45, 2.75) is 19.4 Å². The van der Waals surface area contributed by atoms with Gasteiger partial charge in [0, 0.05) is 15.6 Å². The molecule has 0 aromatic heterocycles. The molecule has 1 saturated heterocycles. The lowest BCUT2D eigenvalue weighted by Gasteiger charge is -2.37. The number of hydrazone groups is 1. The lowest BCUT2D eigenvalue weighted by molar-refractivity contribution is -0.140. The van der Waals surface area contributed by atoms with Crippen LogP contribution in [0.3, 0.4) is 0 Å². The number of benzene rings is 2. The molecule has 0 spiro atoms. The molecular formula is C24H18Cl2I2N2O3. The summed E-state index contributed by atoms with van der Waals surface area (Å²) in [5.74, 6) is 0.187. The van der Waals surface area contributed by atoms with Gasteiger partial charge in [0.2, 0.25) is 0 Å². The highest BCUT2D eigenvalue weighted by molar-refractivity contribution is 14.1. The van der Waals surface area contributed by atoms with Gasteiger partial charge in [0.25, 0.3) is 11.8 Å². The zero-order chi connectivity index (χ0) is 23.3. The molecule has 4 aliphatic rings. The third-order valence-corrected chi connectivity index (χ3v) is 8.66. The average Bonchev–Trinajstić information content (AvgIpc) is 3.06. The Bertz CT molecular complexity index is 1160. The molecule has 0 N–H and O–H groups in total. The number of imide groups is 1. The van der Waals surface area contributed by atoms with Crippen LogP contribution in [0.4, 0.5) is 0 Å². The van der Waals surface area contributed by atoms with Gasteiger partial charge in [-0.15, -0.1) is 0 Å². The van der Waals surface area contributed by atoms with Crippen LogP contribution in [-0.4, -0.2) is 23.0 Å². The van der Waals surface area contributed by atoms with Gasteiger partial charge in [0.05, 0.1) is 25.2 Å². The molecule has 6 rings (SSSR count). The van der Waals surface area contributed by atoms with Gasteiger partial charge in [-0.2, -0.15) is 10.1 Å². The van der Waals surface area contributed by atoms with Gasteiger partial charge in [-0.3, -0.25) is 9.59 Å². The summed E-state index contributed by atoms with van der Waals surface area (Å²) in [6, 6.07) is 9.13. The molecule has 1 saturated carbocycles. The molecule has 5 nitrogen and oxygen atoms in total. The molecule has 170 valence electrons. The Balaban J connectivity index is 1.31. The van der Waals surface area contributed by atoms with Crippen molar-refractivity contribution in [3.63, 3.8) is 0 Å². The number of nitrogens with zero attached hydrogens (tertiary/aromatic N) is 2. The van der Waals surface area contributed by atoms with Gasteiger partial charge in [-0.05, 0) is 99.7 Å². The maximum absolute atomic E-state index is 12.9. The normalized spacial score (nSPS) is 25.9. The van der Waals surface area contributed by atoms with Gasteiger partial charge in [0.15, 0.2) is 0 Å². The van der Waals surface area contributed by atoms with Crippen molar-refractivity contribution in [1.29, 1.82) is 0 Å². The van der Waals surface area contributed by atoms with Crippen molar-refractivity contribution in [3.8, 4) is 5.75 Å². The number of hydrogen-bond acceptors (Lipinski definition) is 4. The van der Waals surface area contributed by atoms with Gasteiger partial charge in [0.1, 0.15) is 12.4 Å². The number of halogens is 4. The molecule has 2 amide bonds. The summed E-state index contributed by atoms with van der Waals surface area (Å²) >= 11 is 16.6. The number of carbonyl (C=O) groups is 2. The molecule has 2 aromatic rings. The number of ether oxygens (including phenoxy) is 1. The Hall–Kier alpha value is -1.17. The van der Waals surface area contributed by atoms with E-state index < -0.39 is 0 Å². The van der Waals surface area contributed by atoms with E-state index in [9.17, 15) is 9.59 Å². The number of carbonyl (C=O) groups excluding carboxylic acids is 2. The van der Waals surface area contributed by atoms with E-state index >= 15 is 0 Å². The van der Waals surface area contributed by atoms with E-state index in [0.29, 0.717) is 16.7 Å². The highest BCUT2D eigenvalue weighted by Gasteiger charge is 2.56. The molecule has 2 bridgehead atoms. The third-order valence-electron chi connectivity index (χ3n) is 6.47. The van der Waals surface area contributed by atoms with E-state index in [4.69, 9.17) is 27.9 Å². The largest absolute Gasteiger partial charge is 0.487 e. The lowest BCUT2D eigenvalue weighted by atomic mass is 9.63. The van der Waals surface area contributed by atoms with Crippen LogP contribution in [0.2, 0.25) is 10.0 Å². The van der Waals surface area contributed by atoms with Crippen molar-refractivity contribution in [2.75, 3.05) is 0 Å². The fraction of sp³-hybridized carbons (Fsp3) is 0.292. The third kappa shape index (κ3) is 4.46. The summed E-state index contributed by atoms with van der Waals surface area (Å²) in [5, 5.41) is 6.52. The van der Waals surface area contributed by atoms with E-state index in [1.807, 2.05) is 18.2 Å². The lowest BCUT2D eigenvalue weighted by Crippen LogP contribution is -2.38. The van der Waals surface area contributed by atoms with Gasteiger partial charge >= 0.3 is 0 Å². The standard InChI is InChI=1S/C24H18Cl2I2N2O3/c25-16-6-5-15(17(26)9-16)11-33-22-18(27)7-12(8-19(22)28)10-29-30-23(31)20-13-1-2-14(4-3-13)21(20)24(30)32/h1-2,5-10,13-14,20-21H,3-4,11H2/b29-10-/t13-,14-,20-,21+/m0/s1. The molecule has 9 heteroatoms. The zero-order valence-electron chi connectivity index (χ0n) is 17.2. The maximum Gasteiger partial charge on any atom is 0.254 e. The summed E-state index contributed by atoms with van der Waals surface area (Å²) in [5.41, 5.74) is 1.63. The number of fused-ring (bicyclic) bond motifs is 1. The predicted molar refractivity (Wildman–Crippen MR) is 144 cm³/mol. The highest BCUT2D eigenvalue weighted by Crippen LogP contribution is 2.49. The van der Waals surface area contributed by atoms with E-state index in [-0.39, 0.29) is 35.5 Å². The van der Waals surface area contributed by atoms with E-state index in [1.54, 1.807) is 18.3 Å². The topological polar surface area (TPSA) is 59.0 Å². The van der Waals surface area contributed by atoms with Crippen molar-refractivity contribution < 1.29 is 14.3 Å². The van der Waals surface area contributed by atoms with Crippen LogP contribution in [0.15, 0.2) is 47.6 Å². The highest BCUT2D eigenvalue weighted by atomic mass is 127. The molecule has 1 aliphatic heterocycles. The molecule has 2 aromatic carbocycles. The van der Waals surface area contributed by atoms with Crippen LogP contribution >= 0.6 is 68.4 Å². The molecule has 4 atom stereocenters. The number of rotatable bonds is 5. The van der Waals surface area contributed by atoms with Gasteiger partial charge in [-0.1, -0.05) is 41.4 Å². The van der Waals surface area contributed by atoms with Crippen molar-refractivity contribution in [3.05, 3.63) is 70.8 Å². The minimum Gasteiger partial charge on any atom is -0.487 e. The van der Waals surface area contributed by atoms with Crippen molar-refractivity contribution in [1.82, 2.24) is 5.01 Å². The minimum absolute atomic E-state index is 0.157. The number of hydrogen-bond donors (Lipinski definition) is 0. The monoisotopic (exact) mass is 706 g/mol. The fourth-order valence-corrected chi connectivity index (χ4v) is 7.47. The summed E-state index contributed by atoms with van der Waals surface area (Å²) in [6.07, 6.45) is 7.73. The minimum atomic E-state index is -0.255. The van der Waals surface area contributed by atoms with Crippen LogP contribution in [-0.2, 0) is 16.2 Å². The van der Waals surface area contributed by atoms with Crippen LogP contribution in [0.25, 0.3) is 0 Å². The molecule has 0 unspecified atom stereocenters.